The molecule has 0 saturated heterocycles. The minimum atomic E-state index is -0.732. The number of hydrogen-bond donors (Lipinski definition) is 2. The predicted octanol–water partition coefficient (Wildman–Crippen LogP) is 5.37. The number of rotatable bonds is 7. The van der Waals surface area contributed by atoms with Gasteiger partial charge in [-0.25, -0.2) is 9.18 Å². The molecule has 35 heavy (non-hydrogen) atoms. The molecular weight excluding hydrogens is 471 g/mol. The maximum atomic E-state index is 13.2. The van der Waals surface area contributed by atoms with E-state index in [0.29, 0.717) is 21.5 Å². The summed E-state index contributed by atoms with van der Waals surface area (Å²) in [5.41, 5.74) is 1.20. The lowest BCUT2D eigenvalue weighted by molar-refractivity contribution is 0.0939. The second kappa shape index (κ2) is 10.5. The molecule has 0 fully saturated rings. The number of benzene rings is 2. The molecule has 2 heterocycles. The summed E-state index contributed by atoms with van der Waals surface area (Å²) < 4.78 is 19.3. The smallest absolute Gasteiger partial charge is 0.436 e. The van der Waals surface area contributed by atoms with Crippen molar-refractivity contribution in [1.82, 2.24) is 15.1 Å². The van der Waals surface area contributed by atoms with Gasteiger partial charge in [0.2, 0.25) is 0 Å². The first-order valence-electron chi connectivity index (χ1n) is 11.0. The first kappa shape index (κ1) is 24.1. The van der Waals surface area contributed by atoms with Crippen LogP contribution in [-0.4, -0.2) is 34.3 Å². The van der Waals surface area contributed by atoms with Crippen molar-refractivity contribution in [3.05, 3.63) is 82.5 Å². The van der Waals surface area contributed by atoms with Gasteiger partial charge in [-0.2, -0.15) is 4.68 Å². The lowest BCUT2D eigenvalue weighted by Crippen LogP contribution is -2.27. The zero-order valence-electron chi connectivity index (χ0n) is 19.1. The Morgan fingerprint density at radius 2 is 1.77 bits per heavy atom. The van der Waals surface area contributed by atoms with E-state index in [9.17, 15) is 18.8 Å². The summed E-state index contributed by atoms with van der Waals surface area (Å²) in [6.45, 7) is 3.77. The zero-order valence-corrected chi connectivity index (χ0v) is 19.9. The van der Waals surface area contributed by atoms with E-state index in [1.807, 2.05) is 37.3 Å². The van der Waals surface area contributed by atoms with Crippen molar-refractivity contribution in [3.63, 3.8) is 0 Å². The predicted molar refractivity (Wildman–Crippen MR) is 131 cm³/mol. The van der Waals surface area contributed by atoms with Gasteiger partial charge in [0.1, 0.15) is 10.6 Å². The summed E-state index contributed by atoms with van der Waals surface area (Å²) in [6.07, 6.45) is -0.0414. The fourth-order valence-electron chi connectivity index (χ4n) is 3.54. The lowest BCUT2D eigenvalue weighted by Gasteiger charge is -2.16. The number of aromatic nitrogens is 2. The van der Waals surface area contributed by atoms with Crippen LogP contribution in [0.25, 0.3) is 10.2 Å². The lowest BCUT2D eigenvalue weighted by atomic mass is 10.0. The Bertz CT molecular complexity index is 1370. The highest BCUT2D eigenvalue weighted by Crippen LogP contribution is 2.32. The molecule has 4 rings (SSSR count). The number of amides is 2. The molecular formula is C25H23FN4O4S. The van der Waals surface area contributed by atoms with E-state index < -0.39 is 17.8 Å². The topological polar surface area (TPSA) is 102 Å². The highest BCUT2D eigenvalue weighted by molar-refractivity contribution is 7.20. The van der Waals surface area contributed by atoms with Gasteiger partial charge in [-0.15, -0.1) is 16.4 Å². The van der Waals surface area contributed by atoms with E-state index in [0.717, 1.165) is 21.6 Å². The third-order valence-electron chi connectivity index (χ3n) is 5.28. The normalized spacial score (nSPS) is 11.7. The van der Waals surface area contributed by atoms with Gasteiger partial charge < -0.3 is 15.4 Å². The number of halogens is 1. The van der Waals surface area contributed by atoms with Crippen molar-refractivity contribution in [1.29, 1.82) is 0 Å². The molecule has 2 amide bonds. The zero-order chi connectivity index (χ0) is 24.9. The fraction of sp³-hybridized carbons (Fsp3) is 0.200. The van der Waals surface area contributed by atoms with Crippen LogP contribution in [0.5, 0.6) is 0 Å². The van der Waals surface area contributed by atoms with Crippen LogP contribution in [0.15, 0.2) is 60.7 Å². The number of thiophene rings is 1. The van der Waals surface area contributed by atoms with Gasteiger partial charge in [0.05, 0.1) is 22.9 Å². The van der Waals surface area contributed by atoms with Gasteiger partial charge in [-0.05, 0) is 49.2 Å². The summed E-state index contributed by atoms with van der Waals surface area (Å²) in [5, 5.41) is 10.3. The Kier molecular flexibility index (Phi) is 7.21. The van der Waals surface area contributed by atoms with Crippen LogP contribution in [0.4, 0.5) is 15.0 Å². The molecule has 1 atom stereocenters. The van der Waals surface area contributed by atoms with Crippen molar-refractivity contribution < 1.29 is 23.5 Å². The van der Waals surface area contributed by atoms with Crippen LogP contribution >= 0.6 is 11.3 Å². The maximum absolute atomic E-state index is 13.2. The average molecular weight is 495 g/mol. The van der Waals surface area contributed by atoms with E-state index in [1.165, 1.54) is 24.3 Å². The van der Waals surface area contributed by atoms with Crippen molar-refractivity contribution >= 4 is 45.3 Å². The van der Waals surface area contributed by atoms with E-state index >= 15 is 0 Å². The third kappa shape index (κ3) is 5.22. The summed E-state index contributed by atoms with van der Waals surface area (Å²) in [7, 11) is 0. The summed E-state index contributed by atoms with van der Waals surface area (Å²) in [6, 6.07) is 16.0. The molecule has 0 aliphatic carbocycles. The van der Waals surface area contributed by atoms with Gasteiger partial charge >= 0.3 is 6.09 Å². The van der Waals surface area contributed by atoms with Crippen molar-refractivity contribution in [2.24, 2.45) is 0 Å². The summed E-state index contributed by atoms with van der Waals surface area (Å²) >= 11 is 1.07. The number of anilines is 1. The Morgan fingerprint density at radius 1 is 1.06 bits per heavy atom. The number of hydrogen-bond acceptors (Lipinski definition) is 6. The van der Waals surface area contributed by atoms with E-state index in [2.05, 4.69) is 15.7 Å². The number of nitrogens with zero attached hydrogens (tertiary/aromatic N) is 2. The Morgan fingerprint density at radius 3 is 2.43 bits per heavy atom. The fourth-order valence-corrected chi connectivity index (χ4v) is 4.54. The first-order valence-corrected chi connectivity index (χ1v) is 11.8. The first-order chi connectivity index (χ1) is 16.9. The molecule has 0 bridgehead atoms. The van der Waals surface area contributed by atoms with Gasteiger partial charge in [0.25, 0.3) is 11.8 Å². The molecule has 0 aliphatic rings. The number of nitrogens with one attached hydrogen (secondary N) is 2. The van der Waals surface area contributed by atoms with E-state index in [-0.39, 0.29) is 29.9 Å². The number of fused-ring (bicyclic) bond motifs is 1. The molecule has 0 aliphatic heterocycles. The van der Waals surface area contributed by atoms with Crippen LogP contribution in [0.3, 0.4) is 0 Å². The SMILES string of the molecule is CCOC(=O)n1nc(NC(=O)c2ccc(F)cc2)c2cc(C(=O)N[C@H](CC)c3ccccc3)sc21. The molecule has 2 aromatic carbocycles. The Hall–Kier alpha value is -4.05. The van der Waals surface area contributed by atoms with Crippen LogP contribution in [-0.2, 0) is 4.74 Å². The van der Waals surface area contributed by atoms with Gasteiger partial charge in [0.15, 0.2) is 5.82 Å². The third-order valence-corrected chi connectivity index (χ3v) is 6.39. The Labute approximate surface area is 204 Å². The highest BCUT2D eigenvalue weighted by atomic mass is 32.1. The summed E-state index contributed by atoms with van der Waals surface area (Å²) in [4.78, 5) is 38.9. The molecule has 0 radical (unpaired) electrons. The van der Waals surface area contributed by atoms with Crippen LogP contribution in [0.1, 0.15) is 51.9 Å². The Balaban J connectivity index is 1.66. The number of ether oxygens (including phenoxy) is 1. The molecule has 180 valence electrons. The van der Waals surface area contributed by atoms with Gasteiger partial charge in [0, 0.05) is 5.56 Å². The van der Waals surface area contributed by atoms with Crippen LogP contribution in [0.2, 0.25) is 0 Å². The monoisotopic (exact) mass is 494 g/mol. The minimum Gasteiger partial charge on any atom is -0.448 e. The second-order valence-electron chi connectivity index (χ2n) is 7.59. The largest absolute Gasteiger partial charge is 0.448 e. The molecule has 0 unspecified atom stereocenters. The molecule has 0 saturated carbocycles. The average Bonchev–Trinajstić information content (AvgIpc) is 3.44. The molecule has 0 spiro atoms. The minimum absolute atomic E-state index is 0.0905. The van der Waals surface area contributed by atoms with Crippen molar-refractivity contribution in [2.45, 2.75) is 26.3 Å². The van der Waals surface area contributed by atoms with Gasteiger partial charge in [-0.3, -0.25) is 9.59 Å². The maximum Gasteiger partial charge on any atom is 0.436 e. The second-order valence-corrected chi connectivity index (χ2v) is 8.63. The van der Waals surface area contributed by atoms with Crippen LogP contribution < -0.4 is 10.6 Å². The standard InChI is InChI=1S/C25H23FN4O4S/c1-3-19(15-8-6-5-7-9-15)27-23(32)20-14-18-21(28-22(31)16-10-12-17(26)13-11-16)29-30(24(18)35-20)25(33)34-4-2/h5-14,19H,3-4H2,1-2H3,(H,27,32)(H,28,29,31)/t19-/m1/s1. The molecule has 10 heteroatoms. The number of carbonyl (C=O) groups is 3. The quantitative estimate of drug-likeness (QED) is 0.359. The molecule has 8 nitrogen and oxygen atoms in total. The van der Waals surface area contributed by atoms with Gasteiger partial charge in [-0.1, -0.05) is 37.3 Å². The van der Waals surface area contributed by atoms with E-state index in [4.69, 9.17) is 4.74 Å². The highest BCUT2D eigenvalue weighted by Gasteiger charge is 2.24. The van der Waals surface area contributed by atoms with E-state index in [1.54, 1.807) is 13.0 Å². The molecule has 2 aromatic heterocycles. The molecule has 4 aromatic rings. The number of carbonyl (C=O) groups excluding carboxylic acids is 3. The van der Waals surface area contributed by atoms with Crippen molar-refractivity contribution in [3.8, 4) is 0 Å². The molecule has 2 N–H and O–H groups in total. The van der Waals surface area contributed by atoms with Crippen LogP contribution in [0, 0.1) is 5.82 Å². The van der Waals surface area contributed by atoms with Crippen molar-refractivity contribution in [2.75, 3.05) is 11.9 Å². The summed E-state index contributed by atoms with van der Waals surface area (Å²) in [5.74, 6) is -1.22.